The highest BCUT2D eigenvalue weighted by Gasteiger charge is 2.23. The van der Waals surface area contributed by atoms with Gasteiger partial charge in [0.1, 0.15) is 0 Å². The second-order valence-corrected chi connectivity index (χ2v) is 8.27. The summed E-state index contributed by atoms with van der Waals surface area (Å²) in [6, 6.07) is 0. The number of rotatable bonds is 7. The highest BCUT2D eigenvalue weighted by Crippen LogP contribution is 2.18. The van der Waals surface area contributed by atoms with Crippen LogP contribution in [-0.4, -0.2) is 72.2 Å². The zero-order chi connectivity index (χ0) is 20.6. The Morgan fingerprint density at radius 1 is 1.24 bits per heavy atom. The van der Waals surface area contributed by atoms with E-state index >= 15 is 0 Å². The van der Waals surface area contributed by atoms with Gasteiger partial charge in [-0.15, -0.1) is 0 Å². The maximum absolute atomic E-state index is 6.16. The number of ether oxygens (including phenoxy) is 2. The molecule has 1 N–H and O–H groups in total. The summed E-state index contributed by atoms with van der Waals surface area (Å²) in [5.74, 6) is 1.03. The quantitative estimate of drug-likeness (QED) is 0.558. The van der Waals surface area contributed by atoms with Gasteiger partial charge in [-0.1, -0.05) is 0 Å². The second kappa shape index (κ2) is 11.0. The Morgan fingerprint density at radius 3 is 2.66 bits per heavy atom. The van der Waals surface area contributed by atoms with E-state index in [1.165, 1.54) is 24.1 Å². The van der Waals surface area contributed by atoms with Gasteiger partial charge in [0.2, 0.25) is 0 Å². The number of piperidine rings is 1. The van der Waals surface area contributed by atoms with Crippen molar-refractivity contribution in [1.82, 2.24) is 20.0 Å². The molecule has 0 saturated carbocycles. The molecule has 0 amide bonds. The number of aromatic nitrogens is 2. The van der Waals surface area contributed by atoms with Crippen molar-refractivity contribution in [3.8, 4) is 0 Å². The van der Waals surface area contributed by atoms with E-state index < -0.39 is 0 Å². The fraction of sp³-hybridized carbons (Fsp3) is 0.818. The summed E-state index contributed by atoms with van der Waals surface area (Å²) >= 11 is 0. The van der Waals surface area contributed by atoms with Gasteiger partial charge >= 0.3 is 0 Å². The maximum Gasteiger partial charge on any atom is 0.193 e. The standard InChI is InChI=1S/C22H39N5O2/c1-5-23-22(24-12-9-21-17(2)25-26(4)18(21)3)27-13-10-19(11-14-27)29-16-20-8-6-7-15-28-20/h19-20H,5-16H2,1-4H3,(H,23,24). The summed E-state index contributed by atoms with van der Waals surface area (Å²) in [6.07, 6.45) is 7.30. The first-order chi connectivity index (χ1) is 14.1. The molecule has 3 rings (SSSR count). The molecule has 1 atom stereocenters. The lowest BCUT2D eigenvalue weighted by Gasteiger charge is -2.35. The minimum absolute atomic E-state index is 0.306. The zero-order valence-corrected chi connectivity index (χ0v) is 18.7. The number of likely N-dealkylation sites (tertiary alicyclic amines) is 1. The summed E-state index contributed by atoms with van der Waals surface area (Å²) in [4.78, 5) is 7.28. The lowest BCUT2D eigenvalue weighted by atomic mass is 10.1. The minimum Gasteiger partial charge on any atom is -0.376 e. The molecule has 7 nitrogen and oxygen atoms in total. The average molecular weight is 406 g/mol. The van der Waals surface area contributed by atoms with Crippen LogP contribution in [0.25, 0.3) is 0 Å². The van der Waals surface area contributed by atoms with Crippen molar-refractivity contribution in [1.29, 1.82) is 0 Å². The third-order valence-corrected chi connectivity index (χ3v) is 6.15. The lowest BCUT2D eigenvalue weighted by Crippen LogP contribution is -2.47. The van der Waals surface area contributed by atoms with E-state index in [1.807, 2.05) is 11.7 Å². The largest absolute Gasteiger partial charge is 0.376 e. The fourth-order valence-corrected chi connectivity index (χ4v) is 4.30. The number of aliphatic imine (C=N–C) groups is 1. The number of nitrogens with zero attached hydrogens (tertiary/aromatic N) is 4. The van der Waals surface area contributed by atoms with E-state index in [0.717, 1.165) is 76.7 Å². The Balaban J connectivity index is 1.46. The Morgan fingerprint density at radius 2 is 2.03 bits per heavy atom. The van der Waals surface area contributed by atoms with E-state index in [-0.39, 0.29) is 0 Å². The normalized spacial score (nSPS) is 21.6. The van der Waals surface area contributed by atoms with Gasteiger partial charge in [-0.05, 0) is 64.9 Å². The number of nitrogens with one attached hydrogen (secondary N) is 1. The molecule has 0 aliphatic carbocycles. The van der Waals surface area contributed by atoms with Gasteiger partial charge in [0, 0.05) is 45.5 Å². The van der Waals surface area contributed by atoms with Crippen molar-refractivity contribution in [3.63, 3.8) is 0 Å². The van der Waals surface area contributed by atoms with Crippen LogP contribution in [0, 0.1) is 13.8 Å². The molecule has 0 aromatic carbocycles. The highest BCUT2D eigenvalue weighted by molar-refractivity contribution is 5.80. The number of aryl methyl sites for hydroxylation is 2. The zero-order valence-electron chi connectivity index (χ0n) is 18.7. The molecule has 1 aromatic rings. The minimum atomic E-state index is 0.306. The number of hydrogen-bond acceptors (Lipinski definition) is 4. The van der Waals surface area contributed by atoms with Crippen molar-refractivity contribution >= 4 is 5.96 Å². The number of guanidine groups is 1. The monoisotopic (exact) mass is 405 g/mol. The summed E-state index contributed by atoms with van der Waals surface area (Å²) in [7, 11) is 2.01. The van der Waals surface area contributed by atoms with E-state index in [2.05, 4.69) is 36.1 Å². The molecule has 29 heavy (non-hydrogen) atoms. The van der Waals surface area contributed by atoms with Gasteiger partial charge in [-0.2, -0.15) is 5.10 Å². The lowest BCUT2D eigenvalue weighted by molar-refractivity contribution is -0.0721. The predicted octanol–water partition coefficient (Wildman–Crippen LogP) is 2.60. The third kappa shape index (κ3) is 6.19. The van der Waals surface area contributed by atoms with Crippen molar-refractivity contribution in [2.75, 3.05) is 39.4 Å². The molecule has 2 aliphatic rings. The van der Waals surface area contributed by atoms with Crippen molar-refractivity contribution in [2.45, 2.75) is 71.5 Å². The van der Waals surface area contributed by atoms with Crippen LogP contribution >= 0.6 is 0 Å². The molecule has 1 unspecified atom stereocenters. The van der Waals surface area contributed by atoms with Crippen LogP contribution in [0.4, 0.5) is 0 Å². The average Bonchev–Trinajstić information content (AvgIpc) is 2.98. The summed E-state index contributed by atoms with van der Waals surface area (Å²) < 4.78 is 13.9. The van der Waals surface area contributed by atoms with Gasteiger partial charge in [0.05, 0.1) is 24.5 Å². The Hall–Kier alpha value is -1.60. The van der Waals surface area contributed by atoms with Gasteiger partial charge in [-0.3, -0.25) is 9.67 Å². The first-order valence-electron chi connectivity index (χ1n) is 11.3. The van der Waals surface area contributed by atoms with E-state index in [4.69, 9.17) is 14.5 Å². The van der Waals surface area contributed by atoms with Crippen molar-refractivity contribution in [2.24, 2.45) is 12.0 Å². The summed E-state index contributed by atoms with van der Waals surface area (Å²) in [6.45, 7) is 11.7. The topological polar surface area (TPSA) is 63.9 Å². The van der Waals surface area contributed by atoms with E-state index in [9.17, 15) is 0 Å². The molecule has 2 fully saturated rings. The van der Waals surface area contributed by atoms with Gasteiger partial charge in [-0.25, -0.2) is 0 Å². The molecule has 0 spiro atoms. The molecule has 7 heteroatoms. The molecule has 2 saturated heterocycles. The first kappa shape index (κ1) is 22.1. The van der Waals surface area contributed by atoms with Crippen LogP contribution in [0.3, 0.4) is 0 Å². The molecule has 3 heterocycles. The van der Waals surface area contributed by atoms with Crippen LogP contribution in [0.1, 0.15) is 56.0 Å². The Kier molecular flexibility index (Phi) is 8.36. The van der Waals surface area contributed by atoms with Crippen LogP contribution in [0.15, 0.2) is 4.99 Å². The highest BCUT2D eigenvalue weighted by atomic mass is 16.5. The fourth-order valence-electron chi connectivity index (χ4n) is 4.30. The van der Waals surface area contributed by atoms with Crippen LogP contribution < -0.4 is 5.32 Å². The molecular formula is C22H39N5O2. The van der Waals surface area contributed by atoms with Crippen LogP contribution in [0.2, 0.25) is 0 Å². The Labute approximate surface area is 175 Å². The molecule has 2 aliphatic heterocycles. The van der Waals surface area contributed by atoms with Crippen LogP contribution in [-0.2, 0) is 22.9 Å². The van der Waals surface area contributed by atoms with Gasteiger partial charge in [0.25, 0.3) is 0 Å². The summed E-state index contributed by atoms with van der Waals surface area (Å²) in [5.41, 5.74) is 3.68. The molecule has 0 radical (unpaired) electrons. The van der Waals surface area contributed by atoms with E-state index in [1.54, 1.807) is 0 Å². The predicted molar refractivity (Wildman–Crippen MR) is 117 cm³/mol. The van der Waals surface area contributed by atoms with E-state index in [0.29, 0.717) is 12.2 Å². The SMILES string of the molecule is CCNC(=NCCc1c(C)nn(C)c1C)N1CCC(OCC2CCCCO2)CC1. The molecular weight excluding hydrogens is 366 g/mol. The summed E-state index contributed by atoms with van der Waals surface area (Å²) in [5, 5.41) is 7.98. The molecule has 1 aromatic heterocycles. The van der Waals surface area contributed by atoms with Crippen molar-refractivity contribution < 1.29 is 9.47 Å². The third-order valence-electron chi connectivity index (χ3n) is 6.15. The smallest absolute Gasteiger partial charge is 0.193 e. The number of hydrogen-bond donors (Lipinski definition) is 1. The van der Waals surface area contributed by atoms with Gasteiger partial charge < -0.3 is 19.7 Å². The second-order valence-electron chi connectivity index (χ2n) is 8.27. The van der Waals surface area contributed by atoms with Gasteiger partial charge in [0.15, 0.2) is 5.96 Å². The molecule has 0 bridgehead atoms. The van der Waals surface area contributed by atoms with Crippen LogP contribution in [0.5, 0.6) is 0 Å². The van der Waals surface area contributed by atoms with Crippen molar-refractivity contribution in [3.05, 3.63) is 17.0 Å². The molecule has 164 valence electrons. The Bertz CT molecular complexity index is 658. The first-order valence-corrected chi connectivity index (χ1v) is 11.3. The maximum atomic E-state index is 6.16.